The SMILES string of the molecule is CC(=O)NCC1Cc2cccc(-c3ccccc3Cl)c2O1. The van der Waals surface area contributed by atoms with Crippen LogP contribution < -0.4 is 10.1 Å². The van der Waals surface area contributed by atoms with Crippen LogP contribution in [0.2, 0.25) is 5.02 Å². The Morgan fingerprint density at radius 1 is 1.24 bits per heavy atom. The van der Waals surface area contributed by atoms with Crippen molar-refractivity contribution in [3.05, 3.63) is 53.1 Å². The molecule has 0 fully saturated rings. The quantitative estimate of drug-likeness (QED) is 0.943. The van der Waals surface area contributed by atoms with Gasteiger partial charge in [0.1, 0.15) is 11.9 Å². The molecule has 0 saturated heterocycles. The van der Waals surface area contributed by atoms with Crippen LogP contribution in [0, 0.1) is 0 Å². The molecule has 3 rings (SSSR count). The second kappa shape index (κ2) is 5.78. The van der Waals surface area contributed by atoms with Gasteiger partial charge in [0.25, 0.3) is 0 Å². The van der Waals surface area contributed by atoms with Crippen molar-refractivity contribution in [2.24, 2.45) is 0 Å². The highest BCUT2D eigenvalue weighted by Gasteiger charge is 2.26. The molecular weight excluding hydrogens is 286 g/mol. The summed E-state index contributed by atoms with van der Waals surface area (Å²) in [5.41, 5.74) is 3.13. The Bertz CT molecular complexity index is 684. The van der Waals surface area contributed by atoms with Gasteiger partial charge < -0.3 is 10.1 Å². The second-order valence-corrected chi connectivity index (χ2v) is 5.56. The molecule has 0 saturated carbocycles. The molecule has 0 radical (unpaired) electrons. The second-order valence-electron chi connectivity index (χ2n) is 5.15. The summed E-state index contributed by atoms with van der Waals surface area (Å²) in [6, 6.07) is 13.8. The minimum absolute atomic E-state index is 0.0208. The van der Waals surface area contributed by atoms with Gasteiger partial charge >= 0.3 is 0 Å². The number of rotatable bonds is 3. The zero-order valence-electron chi connectivity index (χ0n) is 11.7. The molecule has 21 heavy (non-hydrogen) atoms. The summed E-state index contributed by atoms with van der Waals surface area (Å²) in [4.78, 5) is 11.0. The lowest BCUT2D eigenvalue weighted by molar-refractivity contribution is -0.119. The minimum Gasteiger partial charge on any atom is -0.487 e. The van der Waals surface area contributed by atoms with E-state index in [0.29, 0.717) is 11.6 Å². The number of nitrogens with one attached hydrogen (secondary N) is 1. The lowest BCUT2D eigenvalue weighted by atomic mass is 10.0. The molecule has 3 nitrogen and oxygen atoms in total. The number of fused-ring (bicyclic) bond motifs is 1. The van der Waals surface area contributed by atoms with E-state index < -0.39 is 0 Å². The van der Waals surface area contributed by atoms with Gasteiger partial charge in [0, 0.05) is 29.5 Å². The van der Waals surface area contributed by atoms with Crippen LogP contribution in [0.3, 0.4) is 0 Å². The van der Waals surface area contributed by atoms with Crippen molar-refractivity contribution in [3.63, 3.8) is 0 Å². The topological polar surface area (TPSA) is 38.3 Å². The highest BCUT2D eigenvalue weighted by Crippen LogP contribution is 2.40. The summed E-state index contributed by atoms with van der Waals surface area (Å²) in [5.74, 6) is 0.835. The normalized spacial score (nSPS) is 16.2. The van der Waals surface area contributed by atoms with Crippen molar-refractivity contribution >= 4 is 17.5 Å². The lowest BCUT2D eigenvalue weighted by Gasteiger charge is -2.13. The maximum atomic E-state index is 11.0. The predicted molar refractivity (Wildman–Crippen MR) is 83.7 cm³/mol. The zero-order chi connectivity index (χ0) is 14.8. The van der Waals surface area contributed by atoms with Gasteiger partial charge in [-0.25, -0.2) is 0 Å². The average Bonchev–Trinajstić information content (AvgIpc) is 2.88. The number of hydrogen-bond acceptors (Lipinski definition) is 2. The smallest absolute Gasteiger partial charge is 0.217 e. The van der Waals surface area contributed by atoms with Crippen LogP contribution in [0.1, 0.15) is 12.5 Å². The molecule has 2 aromatic rings. The van der Waals surface area contributed by atoms with Gasteiger partial charge in [0.05, 0.1) is 6.54 Å². The molecule has 0 spiro atoms. The maximum absolute atomic E-state index is 11.0. The van der Waals surface area contributed by atoms with E-state index in [1.165, 1.54) is 6.92 Å². The van der Waals surface area contributed by atoms with E-state index in [0.717, 1.165) is 28.9 Å². The highest BCUT2D eigenvalue weighted by atomic mass is 35.5. The largest absolute Gasteiger partial charge is 0.487 e. The first-order valence-corrected chi connectivity index (χ1v) is 7.31. The first-order chi connectivity index (χ1) is 10.1. The van der Waals surface area contributed by atoms with Crippen molar-refractivity contribution < 1.29 is 9.53 Å². The molecule has 1 atom stereocenters. The van der Waals surface area contributed by atoms with E-state index in [1.807, 2.05) is 36.4 Å². The van der Waals surface area contributed by atoms with E-state index in [1.54, 1.807) is 0 Å². The van der Waals surface area contributed by atoms with Crippen molar-refractivity contribution in [1.29, 1.82) is 0 Å². The van der Waals surface area contributed by atoms with Crippen LogP contribution in [-0.4, -0.2) is 18.6 Å². The zero-order valence-corrected chi connectivity index (χ0v) is 12.5. The Kier molecular flexibility index (Phi) is 3.84. The van der Waals surface area contributed by atoms with Gasteiger partial charge in [0.15, 0.2) is 0 Å². The summed E-state index contributed by atoms with van der Waals surface area (Å²) >= 11 is 6.29. The molecule has 1 aliphatic heterocycles. The van der Waals surface area contributed by atoms with Gasteiger partial charge in [0.2, 0.25) is 5.91 Å². The third kappa shape index (κ3) is 2.88. The molecule has 1 heterocycles. The number of halogens is 1. The molecule has 1 unspecified atom stereocenters. The van der Waals surface area contributed by atoms with Gasteiger partial charge in [-0.2, -0.15) is 0 Å². The number of carbonyl (C=O) groups is 1. The van der Waals surface area contributed by atoms with Crippen molar-refractivity contribution in [3.8, 4) is 16.9 Å². The fourth-order valence-electron chi connectivity index (χ4n) is 2.60. The fourth-order valence-corrected chi connectivity index (χ4v) is 2.84. The summed E-state index contributed by atoms with van der Waals surface area (Å²) < 4.78 is 6.02. The monoisotopic (exact) mass is 301 g/mol. The average molecular weight is 302 g/mol. The molecule has 0 aliphatic carbocycles. The fraction of sp³-hybridized carbons (Fsp3) is 0.235. The molecule has 108 valence electrons. The van der Waals surface area contributed by atoms with E-state index in [4.69, 9.17) is 16.3 Å². The molecule has 2 aromatic carbocycles. The number of benzene rings is 2. The Labute approximate surface area is 128 Å². The van der Waals surface area contributed by atoms with Crippen LogP contribution in [0.15, 0.2) is 42.5 Å². The molecule has 0 aromatic heterocycles. The molecule has 0 bridgehead atoms. The van der Waals surface area contributed by atoms with Crippen LogP contribution >= 0.6 is 11.6 Å². The van der Waals surface area contributed by atoms with Gasteiger partial charge in [-0.1, -0.05) is 48.0 Å². The summed E-state index contributed by atoms with van der Waals surface area (Å²) in [6.45, 7) is 2.03. The first kappa shape index (κ1) is 14.0. The van der Waals surface area contributed by atoms with E-state index in [9.17, 15) is 4.79 Å². The van der Waals surface area contributed by atoms with E-state index in [2.05, 4.69) is 11.4 Å². The first-order valence-electron chi connectivity index (χ1n) is 6.93. The molecular formula is C17H16ClNO2. The number of carbonyl (C=O) groups excluding carboxylic acids is 1. The van der Waals surface area contributed by atoms with E-state index >= 15 is 0 Å². The van der Waals surface area contributed by atoms with Crippen molar-refractivity contribution in [2.75, 3.05) is 6.54 Å². The predicted octanol–water partition coefficient (Wildman–Crippen LogP) is 3.45. The summed E-state index contributed by atoms with van der Waals surface area (Å²) in [6.07, 6.45) is 0.779. The van der Waals surface area contributed by atoms with Gasteiger partial charge in [-0.05, 0) is 11.6 Å². The lowest BCUT2D eigenvalue weighted by Crippen LogP contribution is -2.32. The molecule has 1 amide bonds. The van der Waals surface area contributed by atoms with Crippen LogP contribution in [0.25, 0.3) is 11.1 Å². The number of amides is 1. The van der Waals surface area contributed by atoms with Gasteiger partial charge in [-0.3, -0.25) is 4.79 Å². The van der Waals surface area contributed by atoms with Crippen molar-refractivity contribution in [1.82, 2.24) is 5.32 Å². The van der Waals surface area contributed by atoms with E-state index in [-0.39, 0.29) is 12.0 Å². The standard InChI is InChI=1S/C17H16ClNO2/c1-11(20)19-10-13-9-12-5-4-7-15(17(12)21-13)14-6-2-3-8-16(14)18/h2-8,13H,9-10H2,1H3,(H,19,20). The Hall–Kier alpha value is -2.00. The Balaban J connectivity index is 1.90. The van der Waals surface area contributed by atoms with Crippen LogP contribution in [0.5, 0.6) is 5.75 Å². The third-order valence-corrected chi connectivity index (χ3v) is 3.90. The summed E-state index contributed by atoms with van der Waals surface area (Å²) in [5, 5.41) is 3.51. The molecule has 1 aliphatic rings. The molecule has 4 heteroatoms. The maximum Gasteiger partial charge on any atom is 0.217 e. The number of para-hydroxylation sites is 1. The van der Waals surface area contributed by atoms with Gasteiger partial charge in [-0.15, -0.1) is 0 Å². The summed E-state index contributed by atoms with van der Waals surface area (Å²) in [7, 11) is 0. The van der Waals surface area contributed by atoms with Crippen molar-refractivity contribution in [2.45, 2.75) is 19.4 Å². The Morgan fingerprint density at radius 3 is 2.76 bits per heavy atom. The highest BCUT2D eigenvalue weighted by molar-refractivity contribution is 6.33. The molecule has 1 N–H and O–H groups in total. The number of ether oxygens (including phenoxy) is 1. The third-order valence-electron chi connectivity index (χ3n) is 3.57. The van der Waals surface area contributed by atoms with Crippen LogP contribution in [-0.2, 0) is 11.2 Å². The van der Waals surface area contributed by atoms with Crippen LogP contribution in [0.4, 0.5) is 0 Å². The Morgan fingerprint density at radius 2 is 2.00 bits per heavy atom. The minimum atomic E-state index is -0.0408. The number of hydrogen-bond donors (Lipinski definition) is 1.